The van der Waals surface area contributed by atoms with Gasteiger partial charge in [0.2, 0.25) is 0 Å². The normalized spacial score (nSPS) is 31.7. The molecule has 2 heteroatoms. The summed E-state index contributed by atoms with van der Waals surface area (Å²) in [5.41, 5.74) is 2.04. The summed E-state index contributed by atoms with van der Waals surface area (Å²) in [7, 11) is 1.76. The molecule has 0 bridgehead atoms. The molecule has 2 aliphatic carbocycles. The first-order chi connectivity index (χ1) is 10.1. The molecule has 0 spiro atoms. The van der Waals surface area contributed by atoms with Crippen molar-refractivity contribution in [2.24, 2.45) is 5.92 Å². The Kier molecular flexibility index (Phi) is 4.37. The number of aliphatic hydroxyl groups excluding tert-OH is 1. The fraction of sp³-hybridized carbons (Fsp3) is 0.684. The van der Waals surface area contributed by atoms with Crippen molar-refractivity contribution in [2.45, 2.75) is 69.5 Å². The van der Waals surface area contributed by atoms with Gasteiger partial charge in [0.05, 0.1) is 5.60 Å². The molecule has 116 valence electrons. The Morgan fingerprint density at radius 2 is 2.05 bits per heavy atom. The maximum absolute atomic E-state index is 11.0. The van der Waals surface area contributed by atoms with Crippen LogP contribution in [-0.4, -0.2) is 17.8 Å². The van der Waals surface area contributed by atoms with E-state index >= 15 is 0 Å². The molecule has 3 unspecified atom stereocenters. The van der Waals surface area contributed by atoms with E-state index in [1.165, 1.54) is 31.2 Å². The highest BCUT2D eigenvalue weighted by Crippen LogP contribution is 2.44. The first-order valence-corrected chi connectivity index (χ1v) is 8.48. The molecule has 21 heavy (non-hydrogen) atoms. The molecule has 2 saturated carbocycles. The van der Waals surface area contributed by atoms with Gasteiger partial charge in [-0.2, -0.15) is 0 Å². The van der Waals surface area contributed by atoms with E-state index in [1.54, 1.807) is 7.11 Å². The first kappa shape index (κ1) is 15.1. The van der Waals surface area contributed by atoms with Gasteiger partial charge in [0.15, 0.2) is 0 Å². The van der Waals surface area contributed by atoms with Gasteiger partial charge in [0.1, 0.15) is 6.10 Å². The molecule has 3 rings (SSSR count). The summed E-state index contributed by atoms with van der Waals surface area (Å²) >= 11 is 0. The highest BCUT2D eigenvalue weighted by molar-refractivity contribution is 5.30. The lowest BCUT2D eigenvalue weighted by Crippen LogP contribution is -2.42. The topological polar surface area (TPSA) is 29.5 Å². The van der Waals surface area contributed by atoms with Gasteiger partial charge in [-0.1, -0.05) is 50.5 Å². The molecule has 0 radical (unpaired) electrons. The fourth-order valence-electron chi connectivity index (χ4n) is 4.12. The van der Waals surface area contributed by atoms with E-state index in [-0.39, 0.29) is 0 Å². The Balaban J connectivity index is 1.83. The van der Waals surface area contributed by atoms with Gasteiger partial charge in [0, 0.05) is 7.11 Å². The van der Waals surface area contributed by atoms with Crippen LogP contribution in [0.2, 0.25) is 0 Å². The molecule has 0 aliphatic heterocycles. The number of methoxy groups -OCH3 is 1. The van der Waals surface area contributed by atoms with Crippen LogP contribution in [0.25, 0.3) is 0 Å². The maximum Gasteiger partial charge on any atom is 0.108 e. The van der Waals surface area contributed by atoms with Crippen molar-refractivity contribution in [1.82, 2.24) is 0 Å². The fourth-order valence-corrected chi connectivity index (χ4v) is 4.12. The molecule has 1 N–H and O–H groups in total. The second kappa shape index (κ2) is 6.10. The largest absolute Gasteiger partial charge is 0.385 e. The Bertz CT molecular complexity index is 480. The summed E-state index contributed by atoms with van der Waals surface area (Å²) in [6.07, 6.45) is 7.75. The van der Waals surface area contributed by atoms with Crippen LogP contribution in [0.3, 0.4) is 0 Å². The Hall–Kier alpha value is -0.860. The van der Waals surface area contributed by atoms with Gasteiger partial charge in [-0.15, -0.1) is 0 Å². The third kappa shape index (κ3) is 2.89. The van der Waals surface area contributed by atoms with Crippen molar-refractivity contribution in [2.75, 3.05) is 7.11 Å². The third-order valence-corrected chi connectivity index (χ3v) is 5.70. The number of hydrogen-bond acceptors (Lipinski definition) is 2. The average Bonchev–Trinajstić information content (AvgIpc) is 2.45. The van der Waals surface area contributed by atoms with Crippen LogP contribution in [-0.2, 0) is 4.74 Å². The van der Waals surface area contributed by atoms with Crippen LogP contribution in [0.15, 0.2) is 24.3 Å². The molecular formula is C19H28O2. The summed E-state index contributed by atoms with van der Waals surface area (Å²) in [6.45, 7) is 2.27. The lowest BCUT2D eigenvalue weighted by atomic mass is 9.73. The molecule has 2 aliphatic rings. The van der Waals surface area contributed by atoms with Gasteiger partial charge in [-0.25, -0.2) is 0 Å². The predicted molar refractivity (Wildman–Crippen MR) is 85.4 cm³/mol. The van der Waals surface area contributed by atoms with Crippen molar-refractivity contribution >= 4 is 0 Å². The zero-order valence-corrected chi connectivity index (χ0v) is 13.3. The summed E-state index contributed by atoms with van der Waals surface area (Å²) in [6, 6.07) is 8.59. The van der Waals surface area contributed by atoms with Crippen molar-refractivity contribution in [3.63, 3.8) is 0 Å². The minimum atomic E-state index is -0.509. The zero-order chi connectivity index (χ0) is 14.9. The van der Waals surface area contributed by atoms with E-state index in [1.807, 2.05) is 0 Å². The summed E-state index contributed by atoms with van der Waals surface area (Å²) in [5.74, 6) is 1.34. The first-order valence-electron chi connectivity index (χ1n) is 8.48. The monoisotopic (exact) mass is 288 g/mol. The van der Waals surface area contributed by atoms with Crippen LogP contribution < -0.4 is 0 Å². The number of aliphatic hydroxyl groups is 1. The number of ether oxygens (including phenoxy) is 1. The Morgan fingerprint density at radius 1 is 1.24 bits per heavy atom. The molecule has 3 atom stereocenters. The number of rotatable bonds is 4. The summed E-state index contributed by atoms with van der Waals surface area (Å²) in [4.78, 5) is 0. The quantitative estimate of drug-likeness (QED) is 0.878. The van der Waals surface area contributed by atoms with Gasteiger partial charge in [-0.3, -0.25) is 0 Å². The van der Waals surface area contributed by atoms with Gasteiger partial charge in [0.25, 0.3) is 0 Å². The molecule has 0 heterocycles. The lowest BCUT2D eigenvalue weighted by molar-refractivity contribution is -0.134. The van der Waals surface area contributed by atoms with Crippen LogP contribution in [0, 0.1) is 5.92 Å². The summed E-state index contributed by atoms with van der Waals surface area (Å²) < 4.78 is 5.86. The SMILES string of the molecule is COC1(C(O)c2cccc(C3CCC3)c2)CCCC(C)C1. The lowest BCUT2D eigenvalue weighted by Gasteiger charge is -2.42. The molecule has 2 fully saturated rings. The predicted octanol–water partition coefficient (Wildman–Crippen LogP) is 4.58. The van der Waals surface area contributed by atoms with E-state index in [0.29, 0.717) is 11.8 Å². The molecular weight excluding hydrogens is 260 g/mol. The maximum atomic E-state index is 11.0. The smallest absolute Gasteiger partial charge is 0.108 e. The van der Waals surface area contributed by atoms with E-state index in [9.17, 15) is 5.11 Å². The van der Waals surface area contributed by atoms with Crippen molar-refractivity contribution in [3.8, 4) is 0 Å². The van der Waals surface area contributed by atoms with Gasteiger partial charge in [-0.05, 0) is 48.6 Å². The molecule has 1 aromatic carbocycles. The van der Waals surface area contributed by atoms with E-state index in [2.05, 4.69) is 31.2 Å². The highest BCUT2D eigenvalue weighted by Gasteiger charge is 2.42. The molecule has 0 saturated heterocycles. The van der Waals surface area contributed by atoms with E-state index in [0.717, 1.165) is 24.8 Å². The Labute approximate surface area is 128 Å². The van der Waals surface area contributed by atoms with E-state index < -0.39 is 11.7 Å². The third-order valence-electron chi connectivity index (χ3n) is 5.70. The second-order valence-electron chi connectivity index (χ2n) is 7.17. The number of benzene rings is 1. The molecule has 1 aromatic rings. The van der Waals surface area contributed by atoms with Crippen molar-refractivity contribution in [3.05, 3.63) is 35.4 Å². The second-order valence-corrected chi connectivity index (χ2v) is 7.17. The number of hydrogen-bond donors (Lipinski definition) is 1. The van der Waals surface area contributed by atoms with Crippen LogP contribution in [0.5, 0.6) is 0 Å². The summed E-state index contributed by atoms with van der Waals surface area (Å²) in [5, 5.41) is 11.0. The Morgan fingerprint density at radius 3 is 2.67 bits per heavy atom. The molecule has 2 nitrogen and oxygen atoms in total. The highest BCUT2D eigenvalue weighted by atomic mass is 16.5. The zero-order valence-electron chi connectivity index (χ0n) is 13.3. The minimum Gasteiger partial charge on any atom is -0.385 e. The van der Waals surface area contributed by atoms with Crippen LogP contribution in [0.1, 0.15) is 75.0 Å². The van der Waals surface area contributed by atoms with Crippen LogP contribution in [0.4, 0.5) is 0 Å². The van der Waals surface area contributed by atoms with Gasteiger partial charge < -0.3 is 9.84 Å². The molecule has 0 amide bonds. The van der Waals surface area contributed by atoms with Crippen molar-refractivity contribution < 1.29 is 9.84 Å². The van der Waals surface area contributed by atoms with E-state index in [4.69, 9.17) is 4.74 Å². The van der Waals surface area contributed by atoms with Crippen LogP contribution >= 0.6 is 0 Å². The van der Waals surface area contributed by atoms with Gasteiger partial charge >= 0.3 is 0 Å². The standard InChI is InChI=1S/C19H28O2/c1-14-6-5-11-19(13-14,21-2)18(20)17-10-4-9-16(12-17)15-7-3-8-15/h4,9-10,12,14-15,18,20H,3,5-8,11,13H2,1-2H3. The van der Waals surface area contributed by atoms with Crippen molar-refractivity contribution in [1.29, 1.82) is 0 Å². The molecule has 0 aromatic heterocycles. The minimum absolute atomic E-state index is 0.393. The average molecular weight is 288 g/mol.